The third-order valence-electron chi connectivity index (χ3n) is 2.32. The number of carboxylic acids is 2. The van der Waals surface area contributed by atoms with Gasteiger partial charge < -0.3 is 10.2 Å². The van der Waals surface area contributed by atoms with Crippen molar-refractivity contribution in [3.63, 3.8) is 0 Å². The summed E-state index contributed by atoms with van der Waals surface area (Å²) in [5, 5.41) is 17.3. The van der Waals surface area contributed by atoms with E-state index in [0.717, 1.165) is 0 Å². The minimum Gasteiger partial charge on any atom is -0.480 e. The highest BCUT2D eigenvalue weighted by atomic mass is 16.4. The number of hydrogen-bond donors (Lipinski definition) is 2. The molecule has 1 rings (SSSR count). The van der Waals surface area contributed by atoms with Gasteiger partial charge in [-0.3, -0.25) is 9.59 Å². The molecule has 0 radical (unpaired) electrons. The van der Waals surface area contributed by atoms with Crippen molar-refractivity contribution < 1.29 is 19.8 Å². The second kappa shape index (κ2) is 2.33. The monoisotopic (exact) mass is 170 g/mol. The van der Waals surface area contributed by atoms with E-state index in [0.29, 0.717) is 5.57 Å². The molecule has 0 aromatic carbocycles. The van der Waals surface area contributed by atoms with E-state index in [4.69, 9.17) is 10.2 Å². The first kappa shape index (κ1) is 8.77. The summed E-state index contributed by atoms with van der Waals surface area (Å²) < 4.78 is 0. The number of carboxylic acid groups (broad SMARTS) is 2. The van der Waals surface area contributed by atoms with Crippen LogP contribution >= 0.6 is 0 Å². The Morgan fingerprint density at radius 3 is 1.92 bits per heavy atom. The molecule has 1 saturated carbocycles. The van der Waals surface area contributed by atoms with Crippen LogP contribution in [0.3, 0.4) is 0 Å². The highest BCUT2D eigenvalue weighted by Crippen LogP contribution is 2.56. The van der Waals surface area contributed by atoms with Gasteiger partial charge in [-0.1, -0.05) is 12.2 Å². The van der Waals surface area contributed by atoms with Crippen molar-refractivity contribution in [1.29, 1.82) is 0 Å². The zero-order valence-electron chi connectivity index (χ0n) is 6.70. The van der Waals surface area contributed by atoms with E-state index in [9.17, 15) is 9.59 Å². The van der Waals surface area contributed by atoms with E-state index in [-0.39, 0.29) is 6.42 Å². The lowest BCUT2D eigenvalue weighted by atomic mass is 10.0. The lowest BCUT2D eigenvalue weighted by molar-refractivity contribution is -0.157. The average Bonchev–Trinajstić information content (AvgIpc) is 2.60. The van der Waals surface area contributed by atoms with Gasteiger partial charge in [-0.05, 0) is 13.3 Å². The van der Waals surface area contributed by atoms with Crippen molar-refractivity contribution in [3.8, 4) is 0 Å². The summed E-state index contributed by atoms with van der Waals surface area (Å²) >= 11 is 0. The Morgan fingerprint density at radius 1 is 1.42 bits per heavy atom. The fourth-order valence-corrected chi connectivity index (χ4v) is 1.42. The molecule has 1 aliphatic rings. The average molecular weight is 170 g/mol. The molecule has 1 aliphatic carbocycles. The van der Waals surface area contributed by atoms with Gasteiger partial charge >= 0.3 is 11.9 Å². The predicted octanol–water partition coefficient (Wildman–Crippen LogP) is 0.738. The van der Waals surface area contributed by atoms with Gasteiger partial charge in [0.1, 0.15) is 0 Å². The van der Waals surface area contributed by atoms with Gasteiger partial charge in [-0.2, -0.15) is 0 Å². The molecule has 0 aliphatic heterocycles. The summed E-state index contributed by atoms with van der Waals surface area (Å²) in [6, 6.07) is 0. The van der Waals surface area contributed by atoms with Crippen LogP contribution in [0.25, 0.3) is 0 Å². The molecule has 0 bridgehead atoms. The van der Waals surface area contributed by atoms with Crippen LogP contribution in [-0.4, -0.2) is 22.2 Å². The van der Waals surface area contributed by atoms with Crippen LogP contribution in [0.15, 0.2) is 12.2 Å². The van der Waals surface area contributed by atoms with E-state index in [1.807, 2.05) is 0 Å². The normalized spacial score (nSPS) is 24.6. The van der Waals surface area contributed by atoms with Crippen molar-refractivity contribution >= 4 is 11.9 Å². The molecule has 1 atom stereocenters. The Labute approximate surface area is 69.5 Å². The maximum absolute atomic E-state index is 10.6. The van der Waals surface area contributed by atoms with Crippen molar-refractivity contribution in [1.82, 2.24) is 0 Å². The lowest BCUT2D eigenvalue weighted by Crippen LogP contribution is -2.27. The summed E-state index contributed by atoms with van der Waals surface area (Å²) in [7, 11) is 0. The van der Waals surface area contributed by atoms with Crippen molar-refractivity contribution in [2.45, 2.75) is 13.3 Å². The molecule has 4 heteroatoms. The van der Waals surface area contributed by atoms with Crippen LogP contribution in [0.4, 0.5) is 0 Å². The molecule has 0 saturated heterocycles. The summed E-state index contributed by atoms with van der Waals surface area (Å²) in [6.45, 7) is 5.20. The Hall–Kier alpha value is -1.32. The Morgan fingerprint density at radius 2 is 1.83 bits per heavy atom. The van der Waals surface area contributed by atoms with Gasteiger partial charge in [0.05, 0.1) is 0 Å². The maximum atomic E-state index is 10.6. The van der Waals surface area contributed by atoms with E-state index in [2.05, 4.69) is 6.58 Å². The first-order valence-corrected chi connectivity index (χ1v) is 3.55. The molecule has 2 N–H and O–H groups in total. The highest BCUT2D eigenvalue weighted by molar-refractivity contribution is 6.02. The van der Waals surface area contributed by atoms with Gasteiger partial charge in [0.2, 0.25) is 0 Å². The molecular formula is C8H10O4. The smallest absolute Gasteiger partial charge is 0.321 e. The zero-order valence-corrected chi connectivity index (χ0v) is 6.70. The van der Waals surface area contributed by atoms with Crippen LogP contribution in [-0.2, 0) is 9.59 Å². The molecule has 0 spiro atoms. The first-order chi connectivity index (χ1) is 5.43. The third-order valence-corrected chi connectivity index (χ3v) is 2.32. The molecule has 0 aromatic heterocycles. The molecule has 1 fully saturated rings. The molecule has 1 unspecified atom stereocenters. The van der Waals surface area contributed by atoms with Gasteiger partial charge in [-0.25, -0.2) is 0 Å². The zero-order chi connectivity index (χ0) is 9.52. The van der Waals surface area contributed by atoms with Crippen LogP contribution in [0.1, 0.15) is 13.3 Å². The quantitative estimate of drug-likeness (QED) is 0.484. The standard InChI is InChI=1S/C8H10O4/c1-4(2)5-3-8(5,6(9)10)7(11)12/h5H,1,3H2,2H3,(H,9,10)(H,11,12). The summed E-state index contributed by atoms with van der Waals surface area (Å²) in [5.41, 5.74) is -0.953. The van der Waals surface area contributed by atoms with Gasteiger partial charge in [0.15, 0.2) is 5.41 Å². The number of aliphatic carboxylic acids is 2. The van der Waals surface area contributed by atoms with E-state index >= 15 is 0 Å². The highest BCUT2D eigenvalue weighted by Gasteiger charge is 2.67. The van der Waals surface area contributed by atoms with Crippen LogP contribution in [0.2, 0.25) is 0 Å². The fraction of sp³-hybridized carbons (Fsp3) is 0.500. The van der Waals surface area contributed by atoms with Crippen molar-refractivity contribution in [2.75, 3.05) is 0 Å². The Kier molecular flexibility index (Phi) is 1.71. The minimum absolute atomic E-state index is 0.174. The third kappa shape index (κ3) is 0.913. The number of carbonyl (C=O) groups is 2. The summed E-state index contributed by atoms with van der Waals surface area (Å²) in [5.74, 6) is -2.92. The van der Waals surface area contributed by atoms with Crippen molar-refractivity contribution in [3.05, 3.63) is 12.2 Å². The maximum Gasteiger partial charge on any atom is 0.321 e. The van der Waals surface area contributed by atoms with E-state index < -0.39 is 23.3 Å². The summed E-state index contributed by atoms with van der Waals surface area (Å²) in [6.07, 6.45) is 0.174. The van der Waals surface area contributed by atoms with Gasteiger partial charge in [0, 0.05) is 5.92 Å². The first-order valence-electron chi connectivity index (χ1n) is 3.55. The van der Waals surface area contributed by atoms with E-state index in [1.165, 1.54) is 0 Å². The topological polar surface area (TPSA) is 74.6 Å². The Bertz CT molecular complexity index is 252. The molecule has 0 heterocycles. The minimum atomic E-state index is -1.58. The fourth-order valence-electron chi connectivity index (χ4n) is 1.42. The Balaban J connectivity index is 2.90. The lowest BCUT2D eigenvalue weighted by Gasteiger charge is -2.05. The molecular weight excluding hydrogens is 160 g/mol. The second-order valence-electron chi connectivity index (χ2n) is 3.18. The molecule has 12 heavy (non-hydrogen) atoms. The summed E-state index contributed by atoms with van der Waals surface area (Å²) in [4.78, 5) is 21.2. The van der Waals surface area contributed by atoms with Crippen LogP contribution in [0, 0.1) is 11.3 Å². The molecule has 0 aromatic rings. The predicted molar refractivity (Wildman–Crippen MR) is 40.6 cm³/mol. The van der Waals surface area contributed by atoms with Crippen LogP contribution in [0.5, 0.6) is 0 Å². The van der Waals surface area contributed by atoms with Crippen molar-refractivity contribution in [2.24, 2.45) is 11.3 Å². The number of rotatable bonds is 3. The second-order valence-corrected chi connectivity index (χ2v) is 3.18. The molecule has 4 nitrogen and oxygen atoms in total. The number of allylic oxidation sites excluding steroid dienone is 1. The van der Waals surface area contributed by atoms with Gasteiger partial charge in [-0.15, -0.1) is 0 Å². The SMILES string of the molecule is C=C(C)C1CC1(C(=O)O)C(=O)O. The largest absolute Gasteiger partial charge is 0.480 e. The molecule has 66 valence electrons. The number of hydrogen-bond acceptors (Lipinski definition) is 2. The molecule has 0 amide bonds. The van der Waals surface area contributed by atoms with Crippen LogP contribution < -0.4 is 0 Å². The van der Waals surface area contributed by atoms with E-state index in [1.54, 1.807) is 6.92 Å². The van der Waals surface area contributed by atoms with Gasteiger partial charge in [0.25, 0.3) is 0 Å².